The van der Waals surface area contributed by atoms with E-state index in [1.54, 1.807) is 0 Å². The van der Waals surface area contributed by atoms with Crippen LogP contribution < -0.4 is 10.1 Å². The van der Waals surface area contributed by atoms with Gasteiger partial charge in [-0.25, -0.2) is 0 Å². The molecule has 1 aromatic heterocycles. The Morgan fingerprint density at radius 1 is 1.23 bits per heavy atom. The number of carbonyl (C=O) groups is 2. The summed E-state index contributed by atoms with van der Waals surface area (Å²) in [6, 6.07) is 9.44. The van der Waals surface area contributed by atoms with Gasteiger partial charge in [0.05, 0.1) is 36.5 Å². The van der Waals surface area contributed by atoms with Gasteiger partial charge in [-0.1, -0.05) is 12.1 Å². The summed E-state index contributed by atoms with van der Waals surface area (Å²) in [5.74, 6) is -1.06. The summed E-state index contributed by atoms with van der Waals surface area (Å²) in [6.07, 6.45) is 0.365. The lowest BCUT2D eigenvalue weighted by atomic mass is 10.1. The fourth-order valence-electron chi connectivity index (χ4n) is 2.91. The molecule has 0 bridgehead atoms. The summed E-state index contributed by atoms with van der Waals surface area (Å²) in [6.45, 7) is 3.37. The molecule has 0 aliphatic carbocycles. The van der Waals surface area contributed by atoms with E-state index in [-0.39, 0.29) is 23.5 Å². The average Bonchev–Trinajstić information content (AvgIpc) is 3.09. The SMILES string of the molecule is COc1cc([N+](=O)[O-])ccc1NC(=O)[C@H](C)OC(=O)Cc1coc2cc(C)ccc12. The van der Waals surface area contributed by atoms with Crippen molar-refractivity contribution in [2.24, 2.45) is 0 Å². The molecule has 9 heteroatoms. The minimum Gasteiger partial charge on any atom is -0.494 e. The van der Waals surface area contributed by atoms with Crippen LogP contribution in [0.15, 0.2) is 47.1 Å². The van der Waals surface area contributed by atoms with Crippen molar-refractivity contribution < 1.29 is 28.4 Å². The third-order valence-corrected chi connectivity index (χ3v) is 4.48. The first-order valence-electron chi connectivity index (χ1n) is 9.08. The van der Waals surface area contributed by atoms with E-state index in [9.17, 15) is 19.7 Å². The van der Waals surface area contributed by atoms with E-state index in [0.717, 1.165) is 10.9 Å². The summed E-state index contributed by atoms with van der Waals surface area (Å²) in [4.78, 5) is 35.0. The number of rotatable bonds is 7. The second kappa shape index (κ2) is 8.64. The summed E-state index contributed by atoms with van der Waals surface area (Å²) >= 11 is 0. The third-order valence-electron chi connectivity index (χ3n) is 4.48. The van der Waals surface area contributed by atoms with Crippen LogP contribution in [0.5, 0.6) is 5.75 Å². The number of nitrogens with one attached hydrogen (secondary N) is 1. The van der Waals surface area contributed by atoms with Crippen molar-refractivity contribution in [1.82, 2.24) is 0 Å². The minimum absolute atomic E-state index is 0.0471. The zero-order valence-electron chi connectivity index (χ0n) is 16.6. The van der Waals surface area contributed by atoms with Gasteiger partial charge in [-0.3, -0.25) is 19.7 Å². The highest BCUT2D eigenvalue weighted by molar-refractivity contribution is 5.96. The molecule has 0 aliphatic heterocycles. The molecule has 3 aromatic rings. The Kier molecular flexibility index (Phi) is 6.01. The smallest absolute Gasteiger partial charge is 0.311 e. The molecule has 9 nitrogen and oxygen atoms in total. The predicted molar refractivity (Wildman–Crippen MR) is 108 cm³/mol. The van der Waals surface area contributed by atoms with Crippen molar-refractivity contribution in [2.45, 2.75) is 26.4 Å². The van der Waals surface area contributed by atoms with Gasteiger partial charge in [-0.15, -0.1) is 0 Å². The topological polar surface area (TPSA) is 121 Å². The number of aryl methyl sites for hydroxylation is 1. The molecule has 30 heavy (non-hydrogen) atoms. The Labute approximate surface area is 171 Å². The van der Waals surface area contributed by atoms with E-state index in [4.69, 9.17) is 13.9 Å². The number of benzene rings is 2. The zero-order chi connectivity index (χ0) is 21.8. The molecule has 0 spiro atoms. The molecule has 1 amide bonds. The Bertz CT molecular complexity index is 1120. The molecular weight excluding hydrogens is 392 g/mol. The number of nitro groups is 1. The molecule has 0 unspecified atom stereocenters. The fraction of sp³-hybridized carbons (Fsp3) is 0.238. The molecule has 1 N–H and O–H groups in total. The molecule has 0 saturated carbocycles. The highest BCUT2D eigenvalue weighted by Crippen LogP contribution is 2.29. The van der Waals surface area contributed by atoms with Crippen molar-refractivity contribution in [3.8, 4) is 5.75 Å². The quantitative estimate of drug-likeness (QED) is 0.356. The van der Waals surface area contributed by atoms with Crippen LogP contribution in [0.2, 0.25) is 0 Å². The molecule has 3 rings (SSSR count). The van der Waals surface area contributed by atoms with Crippen LogP contribution in [-0.2, 0) is 20.7 Å². The highest BCUT2D eigenvalue weighted by Gasteiger charge is 2.21. The molecule has 0 radical (unpaired) electrons. The number of non-ortho nitro benzene ring substituents is 1. The van der Waals surface area contributed by atoms with Gasteiger partial charge in [-0.2, -0.15) is 0 Å². The Balaban J connectivity index is 1.63. The van der Waals surface area contributed by atoms with Crippen molar-refractivity contribution >= 4 is 34.2 Å². The van der Waals surface area contributed by atoms with Crippen LogP contribution in [0, 0.1) is 17.0 Å². The molecule has 2 aromatic carbocycles. The average molecular weight is 412 g/mol. The fourth-order valence-corrected chi connectivity index (χ4v) is 2.91. The van der Waals surface area contributed by atoms with Crippen LogP contribution >= 0.6 is 0 Å². The minimum atomic E-state index is -1.09. The molecule has 1 atom stereocenters. The maximum Gasteiger partial charge on any atom is 0.311 e. The molecule has 156 valence electrons. The van der Waals surface area contributed by atoms with Crippen LogP contribution in [0.25, 0.3) is 11.0 Å². The number of amides is 1. The van der Waals surface area contributed by atoms with E-state index in [2.05, 4.69) is 5.32 Å². The Morgan fingerprint density at radius 2 is 2.00 bits per heavy atom. The monoisotopic (exact) mass is 412 g/mol. The lowest BCUT2D eigenvalue weighted by Gasteiger charge is -2.15. The maximum atomic E-state index is 12.4. The van der Waals surface area contributed by atoms with Crippen molar-refractivity contribution in [1.29, 1.82) is 0 Å². The lowest BCUT2D eigenvalue weighted by Crippen LogP contribution is -2.30. The standard InChI is InChI=1S/C21H20N2O7/c1-12-4-6-16-14(11-29-18(16)8-12)9-20(24)30-13(2)21(25)22-17-7-5-15(23(26)27)10-19(17)28-3/h4-8,10-11,13H,9H2,1-3H3,(H,22,25)/t13-/m0/s1. The second-order valence-electron chi connectivity index (χ2n) is 6.70. The number of nitrogens with zero attached hydrogens (tertiary/aromatic N) is 1. The van der Waals surface area contributed by atoms with Crippen LogP contribution in [-0.4, -0.2) is 30.0 Å². The summed E-state index contributed by atoms with van der Waals surface area (Å²) in [7, 11) is 1.33. The molecular formula is C21H20N2O7. The zero-order valence-corrected chi connectivity index (χ0v) is 16.6. The number of methoxy groups -OCH3 is 1. The third kappa shape index (κ3) is 4.57. The highest BCUT2D eigenvalue weighted by atomic mass is 16.6. The van der Waals surface area contributed by atoms with E-state index in [1.165, 1.54) is 38.5 Å². The number of hydrogen-bond donors (Lipinski definition) is 1. The van der Waals surface area contributed by atoms with Crippen molar-refractivity contribution in [3.63, 3.8) is 0 Å². The maximum absolute atomic E-state index is 12.4. The number of nitro benzene ring substituents is 1. The van der Waals surface area contributed by atoms with Crippen LogP contribution in [0.1, 0.15) is 18.1 Å². The van der Waals surface area contributed by atoms with Crippen molar-refractivity contribution in [3.05, 3.63) is 63.9 Å². The summed E-state index contributed by atoms with van der Waals surface area (Å²) < 4.78 is 15.8. The Hall–Kier alpha value is -3.88. The molecule has 1 heterocycles. The van der Waals surface area contributed by atoms with Gasteiger partial charge in [0.2, 0.25) is 0 Å². The first-order valence-corrected chi connectivity index (χ1v) is 9.08. The van der Waals surface area contributed by atoms with Gasteiger partial charge in [0.25, 0.3) is 11.6 Å². The van der Waals surface area contributed by atoms with Gasteiger partial charge >= 0.3 is 5.97 Å². The van der Waals surface area contributed by atoms with E-state index < -0.39 is 22.9 Å². The van der Waals surface area contributed by atoms with Gasteiger partial charge in [0, 0.05) is 17.0 Å². The number of furan rings is 1. The van der Waals surface area contributed by atoms with Crippen LogP contribution in [0.4, 0.5) is 11.4 Å². The number of hydrogen-bond acceptors (Lipinski definition) is 7. The van der Waals surface area contributed by atoms with Crippen molar-refractivity contribution in [2.75, 3.05) is 12.4 Å². The predicted octanol–water partition coefficient (Wildman–Crippen LogP) is 3.77. The van der Waals surface area contributed by atoms with Crippen LogP contribution in [0.3, 0.4) is 0 Å². The van der Waals surface area contributed by atoms with E-state index in [0.29, 0.717) is 11.1 Å². The van der Waals surface area contributed by atoms with Gasteiger partial charge in [0.1, 0.15) is 11.3 Å². The number of carbonyl (C=O) groups excluding carboxylic acids is 2. The summed E-state index contributed by atoms with van der Waals surface area (Å²) in [5.41, 5.74) is 2.44. The van der Waals surface area contributed by atoms with Gasteiger partial charge in [0.15, 0.2) is 6.10 Å². The summed E-state index contributed by atoms with van der Waals surface area (Å²) in [5, 5.41) is 14.2. The second-order valence-corrected chi connectivity index (χ2v) is 6.70. The number of esters is 1. The largest absolute Gasteiger partial charge is 0.494 e. The van der Waals surface area contributed by atoms with E-state index >= 15 is 0 Å². The number of anilines is 1. The molecule has 0 fully saturated rings. The molecule has 0 saturated heterocycles. The normalized spacial score (nSPS) is 11.7. The number of ether oxygens (including phenoxy) is 2. The Morgan fingerprint density at radius 3 is 2.70 bits per heavy atom. The van der Waals surface area contributed by atoms with Gasteiger partial charge in [-0.05, 0) is 31.5 Å². The molecule has 0 aliphatic rings. The first kappa shape index (κ1) is 20.8. The lowest BCUT2D eigenvalue weighted by molar-refractivity contribution is -0.384. The first-order chi connectivity index (χ1) is 14.3. The van der Waals surface area contributed by atoms with Gasteiger partial charge < -0.3 is 19.2 Å². The van der Waals surface area contributed by atoms with E-state index in [1.807, 2.05) is 25.1 Å². The number of fused-ring (bicyclic) bond motifs is 1.